The van der Waals surface area contributed by atoms with Crippen LogP contribution in [0.5, 0.6) is 0 Å². The Labute approximate surface area is 170 Å². The molecule has 0 bridgehead atoms. The second-order valence-corrected chi connectivity index (χ2v) is 9.52. The van der Waals surface area contributed by atoms with E-state index in [0.717, 1.165) is 5.56 Å². The molecule has 1 unspecified atom stereocenters. The Balaban J connectivity index is 1.93. The van der Waals surface area contributed by atoms with Crippen molar-refractivity contribution in [2.45, 2.75) is 18.6 Å². The summed E-state index contributed by atoms with van der Waals surface area (Å²) in [7, 11) is -5.69. The topological polar surface area (TPSA) is 99.5 Å². The molecular weight excluding hydrogens is 477 g/mol. The van der Waals surface area contributed by atoms with E-state index in [4.69, 9.17) is 9.79 Å². The fourth-order valence-electron chi connectivity index (χ4n) is 2.53. The summed E-state index contributed by atoms with van der Waals surface area (Å²) in [6.07, 6.45) is 3.24. The zero-order valence-corrected chi connectivity index (χ0v) is 17.6. The van der Waals surface area contributed by atoms with Crippen LogP contribution in [0.15, 0.2) is 47.2 Å². The summed E-state index contributed by atoms with van der Waals surface area (Å²) < 4.78 is 39.6. The number of fused-ring (bicyclic) bond motifs is 1. The van der Waals surface area contributed by atoms with Gasteiger partial charge in [0.2, 0.25) is 0 Å². The number of benzene rings is 1. The highest BCUT2D eigenvalue weighted by Crippen LogP contribution is 2.62. The van der Waals surface area contributed by atoms with Crippen molar-refractivity contribution in [2.75, 3.05) is 0 Å². The van der Waals surface area contributed by atoms with E-state index in [9.17, 15) is 18.1 Å². The van der Waals surface area contributed by atoms with Gasteiger partial charge in [-0.15, -0.1) is 11.3 Å². The summed E-state index contributed by atoms with van der Waals surface area (Å²) >= 11 is 3.56. The molecule has 3 aromatic rings. The number of halogens is 3. The second-order valence-electron chi connectivity index (χ2n) is 6.02. The third-order valence-corrected chi connectivity index (χ3v) is 7.49. The van der Waals surface area contributed by atoms with Crippen molar-refractivity contribution in [3.8, 4) is 0 Å². The average Bonchev–Trinajstić information content (AvgIpc) is 2.98. The van der Waals surface area contributed by atoms with Crippen LogP contribution in [0.25, 0.3) is 10.1 Å². The summed E-state index contributed by atoms with van der Waals surface area (Å²) in [4.78, 5) is 33.7. The van der Waals surface area contributed by atoms with Gasteiger partial charge in [-0.2, -0.15) is 8.78 Å². The largest absolute Gasteiger partial charge is 0.400 e. The molecule has 0 aliphatic carbocycles. The van der Waals surface area contributed by atoms with Gasteiger partial charge in [-0.05, 0) is 52.7 Å². The molecule has 1 atom stereocenters. The number of alkyl halides is 2. The minimum atomic E-state index is -5.69. The van der Waals surface area contributed by atoms with Crippen molar-refractivity contribution in [3.05, 3.63) is 63.2 Å². The second kappa shape index (κ2) is 7.61. The van der Waals surface area contributed by atoms with Crippen LogP contribution < -0.4 is 5.32 Å². The van der Waals surface area contributed by atoms with Gasteiger partial charge in [0.25, 0.3) is 5.91 Å². The third kappa shape index (κ3) is 3.88. The van der Waals surface area contributed by atoms with E-state index in [2.05, 4.69) is 26.2 Å². The highest BCUT2D eigenvalue weighted by Gasteiger charge is 2.53. The molecular formula is C17H14BrF2N2O4PS. The smallest absolute Gasteiger partial charge is 0.345 e. The first-order valence-corrected chi connectivity index (χ1v) is 11.1. The normalized spacial score (nSPS) is 13.5. The first-order chi connectivity index (χ1) is 13.0. The number of nitrogens with zero attached hydrogens (tertiary/aromatic N) is 1. The van der Waals surface area contributed by atoms with E-state index in [0.29, 0.717) is 16.0 Å². The van der Waals surface area contributed by atoms with E-state index >= 15 is 0 Å². The van der Waals surface area contributed by atoms with Crippen molar-refractivity contribution in [3.63, 3.8) is 0 Å². The molecule has 28 heavy (non-hydrogen) atoms. The Morgan fingerprint density at radius 2 is 2.07 bits per heavy atom. The summed E-state index contributed by atoms with van der Waals surface area (Å²) in [6.45, 7) is 1.78. The van der Waals surface area contributed by atoms with Gasteiger partial charge in [-0.25, -0.2) is 0 Å². The lowest BCUT2D eigenvalue weighted by atomic mass is 10.1. The molecule has 0 spiro atoms. The van der Waals surface area contributed by atoms with Crippen LogP contribution in [0.1, 0.15) is 33.8 Å². The SMILES string of the molecule is CC(NC(=O)c1ccc2sc(C(F)(F)P(=O)(O)O)c(Br)c2c1)c1cccnc1. The molecule has 0 radical (unpaired) electrons. The number of pyridine rings is 1. The van der Waals surface area contributed by atoms with Gasteiger partial charge < -0.3 is 15.1 Å². The Bertz CT molecular complexity index is 1090. The number of nitrogens with one attached hydrogen (secondary N) is 1. The molecule has 148 valence electrons. The number of hydrogen-bond acceptors (Lipinski definition) is 4. The highest BCUT2D eigenvalue weighted by atomic mass is 79.9. The zero-order valence-electron chi connectivity index (χ0n) is 14.3. The molecule has 6 nitrogen and oxygen atoms in total. The highest BCUT2D eigenvalue weighted by molar-refractivity contribution is 9.10. The van der Waals surface area contributed by atoms with Gasteiger partial charge in [-0.1, -0.05) is 6.07 Å². The molecule has 0 saturated carbocycles. The fourth-order valence-corrected chi connectivity index (χ4v) is 5.45. The maximum absolute atomic E-state index is 14.1. The molecule has 0 aliphatic heterocycles. The maximum Gasteiger partial charge on any atom is 0.400 e. The quantitative estimate of drug-likeness (QED) is 0.447. The number of hydrogen-bond donors (Lipinski definition) is 3. The van der Waals surface area contributed by atoms with Crippen LogP contribution in [-0.4, -0.2) is 20.7 Å². The Hall–Kier alpha value is -1.71. The lowest BCUT2D eigenvalue weighted by molar-refractivity contribution is 0.0595. The fraction of sp³-hybridized carbons (Fsp3) is 0.176. The number of rotatable bonds is 5. The molecule has 3 rings (SSSR count). The minimum absolute atomic E-state index is 0.143. The molecule has 2 heterocycles. The molecule has 3 N–H and O–H groups in total. The summed E-state index contributed by atoms with van der Waals surface area (Å²) in [6, 6.07) is 7.57. The molecule has 2 aromatic heterocycles. The van der Waals surface area contributed by atoms with Gasteiger partial charge in [0, 0.05) is 32.5 Å². The summed E-state index contributed by atoms with van der Waals surface area (Å²) in [5.41, 5.74) is -3.29. The van der Waals surface area contributed by atoms with E-state index in [1.165, 1.54) is 18.2 Å². The molecule has 0 fully saturated rings. The molecule has 1 aromatic carbocycles. The van der Waals surface area contributed by atoms with Gasteiger partial charge >= 0.3 is 13.3 Å². The van der Waals surface area contributed by atoms with Crippen molar-refractivity contribution in [1.82, 2.24) is 10.3 Å². The van der Waals surface area contributed by atoms with E-state index in [1.807, 2.05) is 6.07 Å². The number of amides is 1. The van der Waals surface area contributed by atoms with Gasteiger partial charge in [-0.3, -0.25) is 14.3 Å². The van der Waals surface area contributed by atoms with Gasteiger partial charge in [0.1, 0.15) is 4.88 Å². The zero-order chi connectivity index (χ0) is 20.7. The Morgan fingerprint density at radius 3 is 2.68 bits per heavy atom. The maximum atomic E-state index is 14.1. The Kier molecular flexibility index (Phi) is 5.71. The number of carbonyl (C=O) groups is 1. The van der Waals surface area contributed by atoms with Crippen LogP contribution in [0.2, 0.25) is 0 Å². The van der Waals surface area contributed by atoms with Crippen LogP contribution in [0.3, 0.4) is 0 Å². The molecule has 0 saturated heterocycles. The number of aromatic nitrogens is 1. The lowest BCUT2D eigenvalue weighted by Gasteiger charge is -2.16. The van der Waals surface area contributed by atoms with E-state index in [1.54, 1.807) is 25.4 Å². The van der Waals surface area contributed by atoms with Gasteiger partial charge in [0.15, 0.2) is 0 Å². The predicted octanol–water partition coefficient (Wildman–Crippen LogP) is 4.78. The summed E-state index contributed by atoms with van der Waals surface area (Å²) in [5, 5.41) is 3.07. The molecule has 1 amide bonds. The predicted molar refractivity (Wildman–Crippen MR) is 106 cm³/mol. The van der Waals surface area contributed by atoms with Crippen molar-refractivity contribution < 1.29 is 27.9 Å². The average molecular weight is 491 g/mol. The minimum Gasteiger partial charge on any atom is -0.345 e. The third-order valence-electron chi connectivity index (χ3n) is 4.06. The first kappa shape index (κ1) is 21.0. The number of carbonyl (C=O) groups excluding carboxylic acids is 1. The molecule has 0 aliphatic rings. The summed E-state index contributed by atoms with van der Waals surface area (Å²) in [5.74, 6) is -0.417. The standard InChI is InChI=1S/C17H14BrF2N2O4PS/c1-9(11-3-2-6-21-8-11)22-16(23)10-4-5-13-12(7-10)14(18)15(28-13)17(19,20)27(24,25)26/h2-9H,1H3,(H,22,23)(H2,24,25,26). The molecule has 11 heteroatoms. The Morgan fingerprint density at radius 1 is 1.36 bits per heavy atom. The number of thiophene rings is 1. The first-order valence-electron chi connectivity index (χ1n) is 7.89. The van der Waals surface area contributed by atoms with Crippen molar-refractivity contribution >= 4 is 50.9 Å². The van der Waals surface area contributed by atoms with Gasteiger partial charge in [0.05, 0.1) is 6.04 Å². The lowest BCUT2D eigenvalue weighted by Crippen LogP contribution is -2.26. The van der Waals surface area contributed by atoms with E-state index in [-0.39, 0.29) is 21.5 Å². The van der Waals surface area contributed by atoms with Crippen LogP contribution in [0.4, 0.5) is 8.78 Å². The van der Waals surface area contributed by atoms with E-state index < -0.39 is 24.0 Å². The van der Waals surface area contributed by atoms with Crippen molar-refractivity contribution in [2.24, 2.45) is 0 Å². The van der Waals surface area contributed by atoms with Crippen LogP contribution in [0, 0.1) is 0 Å². The van der Waals surface area contributed by atoms with Crippen LogP contribution >= 0.6 is 34.9 Å². The monoisotopic (exact) mass is 490 g/mol. The van der Waals surface area contributed by atoms with Crippen LogP contribution in [-0.2, 0) is 10.2 Å². The van der Waals surface area contributed by atoms with Crippen molar-refractivity contribution in [1.29, 1.82) is 0 Å².